The number of halogens is 3. The van der Waals surface area contributed by atoms with Crippen LogP contribution in [-0.4, -0.2) is 45.9 Å². The van der Waals surface area contributed by atoms with E-state index in [9.17, 15) is 18.3 Å². The molecule has 0 radical (unpaired) electrons. The van der Waals surface area contributed by atoms with Crippen LogP contribution in [0.3, 0.4) is 0 Å². The van der Waals surface area contributed by atoms with Gasteiger partial charge in [0.25, 0.3) is 0 Å². The summed E-state index contributed by atoms with van der Waals surface area (Å²) in [6, 6.07) is 6.03. The monoisotopic (exact) mass is 406 g/mol. The first kappa shape index (κ1) is 19.7. The minimum Gasteiger partial charge on any atom is -0.388 e. The van der Waals surface area contributed by atoms with Gasteiger partial charge in [-0.3, -0.25) is 0 Å². The number of benzene rings is 1. The van der Waals surface area contributed by atoms with Crippen LogP contribution >= 0.6 is 0 Å². The standard InChI is InChI=1S/C20H21F3N4O2/c1-13-14(3-2-4-15(13)20(21,22)23)11-27-17-9-18(26-5-7-29-8-6-26)24-10-16(17)25-19(27)12-28/h2-4,9-10,28H,5-8,11-12H2,1H3. The topological polar surface area (TPSA) is 63.4 Å². The fourth-order valence-electron chi connectivity index (χ4n) is 3.66. The summed E-state index contributed by atoms with van der Waals surface area (Å²) in [5.74, 6) is 1.14. The van der Waals surface area contributed by atoms with Gasteiger partial charge in [-0.25, -0.2) is 9.97 Å². The van der Waals surface area contributed by atoms with Crippen molar-refractivity contribution in [2.45, 2.75) is 26.3 Å². The smallest absolute Gasteiger partial charge is 0.388 e. The Balaban J connectivity index is 1.76. The van der Waals surface area contributed by atoms with E-state index in [2.05, 4.69) is 14.9 Å². The number of anilines is 1. The Kier molecular flexibility index (Phi) is 5.18. The number of alkyl halides is 3. The molecule has 0 aliphatic carbocycles. The quantitative estimate of drug-likeness (QED) is 0.721. The predicted octanol–water partition coefficient (Wildman–Crippen LogP) is 3.14. The van der Waals surface area contributed by atoms with Crippen LogP contribution in [0, 0.1) is 6.92 Å². The average Bonchev–Trinajstić information content (AvgIpc) is 3.06. The second kappa shape index (κ2) is 7.64. The molecule has 0 atom stereocenters. The number of morpholine rings is 1. The number of rotatable bonds is 4. The molecule has 0 spiro atoms. The van der Waals surface area contributed by atoms with Crippen LogP contribution in [0.2, 0.25) is 0 Å². The summed E-state index contributed by atoms with van der Waals surface area (Å²) >= 11 is 0. The van der Waals surface area contributed by atoms with Crippen LogP contribution < -0.4 is 4.90 Å². The maximum absolute atomic E-state index is 13.3. The van der Waals surface area contributed by atoms with Crippen molar-refractivity contribution in [3.8, 4) is 0 Å². The van der Waals surface area contributed by atoms with Gasteiger partial charge < -0.3 is 19.3 Å². The highest BCUT2D eigenvalue weighted by Gasteiger charge is 2.33. The molecular weight excluding hydrogens is 385 g/mol. The van der Waals surface area contributed by atoms with E-state index in [-0.39, 0.29) is 18.7 Å². The third-order valence-electron chi connectivity index (χ3n) is 5.26. The largest absolute Gasteiger partial charge is 0.416 e. The van der Waals surface area contributed by atoms with Crippen LogP contribution in [0.15, 0.2) is 30.5 Å². The number of imidazole rings is 1. The van der Waals surface area contributed by atoms with Crippen LogP contribution in [0.5, 0.6) is 0 Å². The van der Waals surface area contributed by atoms with Crippen molar-refractivity contribution in [3.63, 3.8) is 0 Å². The first-order chi connectivity index (χ1) is 13.9. The Labute approximate surface area is 165 Å². The maximum atomic E-state index is 13.3. The molecule has 0 unspecified atom stereocenters. The number of fused-ring (bicyclic) bond motifs is 1. The van der Waals surface area contributed by atoms with Gasteiger partial charge in [-0.15, -0.1) is 0 Å². The van der Waals surface area contributed by atoms with Gasteiger partial charge in [-0.1, -0.05) is 12.1 Å². The third kappa shape index (κ3) is 3.79. The highest BCUT2D eigenvalue weighted by molar-refractivity contribution is 5.78. The number of aliphatic hydroxyl groups excluding tert-OH is 1. The van der Waals surface area contributed by atoms with Crippen molar-refractivity contribution in [1.29, 1.82) is 0 Å². The average molecular weight is 406 g/mol. The Morgan fingerprint density at radius 3 is 2.66 bits per heavy atom. The van der Waals surface area contributed by atoms with E-state index in [0.717, 1.165) is 17.4 Å². The first-order valence-electron chi connectivity index (χ1n) is 9.33. The summed E-state index contributed by atoms with van der Waals surface area (Å²) in [5, 5.41) is 9.76. The van der Waals surface area contributed by atoms with E-state index >= 15 is 0 Å². The van der Waals surface area contributed by atoms with Crippen LogP contribution in [0.25, 0.3) is 11.0 Å². The molecule has 1 saturated heterocycles. The predicted molar refractivity (Wildman–Crippen MR) is 102 cm³/mol. The second-order valence-corrected chi connectivity index (χ2v) is 6.99. The van der Waals surface area contributed by atoms with Crippen molar-refractivity contribution < 1.29 is 23.0 Å². The maximum Gasteiger partial charge on any atom is 0.416 e. The molecule has 0 bridgehead atoms. The summed E-state index contributed by atoms with van der Waals surface area (Å²) < 4.78 is 47.0. The SMILES string of the molecule is Cc1c(Cn2c(CO)nc3cnc(N4CCOCC4)cc32)cccc1C(F)(F)F. The Hall–Kier alpha value is -2.65. The number of pyridine rings is 1. The molecular formula is C20H21F3N4O2. The molecule has 1 aliphatic heterocycles. The van der Waals surface area contributed by atoms with Crippen molar-refractivity contribution in [1.82, 2.24) is 14.5 Å². The van der Waals surface area contributed by atoms with Crippen LogP contribution in [0.1, 0.15) is 22.5 Å². The van der Waals surface area contributed by atoms with Gasteiger partial charge >= 0.3 is 6.18 Å². The lowest BCUT2D eigenvalue weighted by Crippen LogP contribution is -2.36. The van der Waals surface area contributed by atoms with Crippen molar-refractivity contribution in [2.24, 2.45) is 0 Å². The summed E-state index contributed by atoms with van der Waals surface area (Å²) in [6.45, 7) is 3.98. The van der Waals surface area contributed by atoms with Gasteiger partial charge in [0.1, 0.15) is 23.8 Å². The molecule has 1 fully saturated rings. The van der Waals surface area contributed by atoms with Gasteiger partial charge in [-0.05, 0) is 24.1 Å². The lowest BCUT2D eigenvalue weighted by Gasteiger charge is -2.27. The molecule has 4 rings (SSSR count). The fraction of sp³-hybridized carbons (Fsp3) is 0.400. The molecule has 1 aromatic carbocycles. The van der Waals surface area contributed by atoms with Gasteiger partial charge in [-0.2, -0.15) is 13.2 Å². The minimum absolute atomic E-state index is 0.174. The number of hydrogen-bond acceptors (Lipinski definition) is 5. The third-order valence-corrected chi connectivity index (χ3v) is 5.26. The Morgan fingerprint density at radius 1 is 1.21 bits per heavy atom. The summed E-state index contributed by atoms with van der Waals surface area (Å²) in [6.07, 6.45) is -2.78. The number of ether oxygens (including phenoxy) is 1. The number of hydrogen-bond donors (Lipinski definition) is 1. The number of nitrogens with zero attached hydrogens (tertiary/aromatic N) is 4. The zero-order valence-electron chi connectivity index (χ0n) is 15.9. The van der Waals surface area contributed by atoms with Crippen molar-refractivity contribution in [3.05, 3.63) is 53.0 Å². The lowest BCUT2D eigenvalue weighted by atomic mass is 10.0. The summed E-state index contributed by atoms with van der Waals surface area (Å²) in [5.41, 5.74) is 1.37. The molecule has 9 heteroatoms. The normalized spacial score (nSPS) is 15.3. The molecule has 1 aliphatic rings. The minimum atomic E-state index is -4.41. The first-order valence-corrected chi connectivity index (χ1v) is 9.33. The van der Waals surface area contributed by atoms with E-state index < -0.39 is 11.7 Å². The number of aliphatic hydroxyl groups is 1. The molecule has 29 heavy (non-hydrogen) atoms. The summed E-state index contributed by atoms with van der Waals surface area (Å²) in [4.78, 5) is 10.9. The van der Waals surface area contributed by atoms with Crippen LogP contribution in [-0.2, 0) is 24.1 Å². The van der Waals surface area contributed by atoms with E-state index in [1.165, 1.54) is 13.0 Å². The van der Waals surface area contributed by atoms with Crippen molar-refractivity contribution in [2.75, 3.05) is 31.2 Å². The van der Waals surface area contributed by atoms with Gasteiger partial charge in [0.2, 0.25) is 0 Å². The van der Waals surface area contributed by atoms with Crippen molar-refractivity contribution >= 4 is 16.9 Å². The molecule has 0 saturated carbocycles. The molecule has 2 aromatic heterocycles. The zero-order valence-corrected chi connectivity index (χ0v) is 15.9. The van der Waals surface area contributed by atoms with Crippen LogP contribution in [0.4, 0.5) is 19.0 Å². The van der Waals surface area contributed by atoms with Gasteiger partial charge in [0.15, 0.2) is 0 Å². The second-order valence-electron chi connectivity index (χ2n) is 6.99. The molecule has 1 N–H and O–H groups in total. The molecule has 0 amide bonds. The molecule has 6 nitrogen and oxygen atoms in total. The van der Waals surface area contributed by atoms with Gasteiger partial charge in [0.05, 0.1) is 30.5 Å². The highest BCUT2D eigenvalue weighted by Crippen LogP contribution is 2.33. The Bertz CT molecular complexity index is 1030. The lowest BCUT2D eigenvalue weighted by molar-refractivity contribution is -0.138. The Morgan fingerprint density at radius 2 is 1.97 bits per heavy atom. The van der Waals surface area contributed by atoms with E-state index in [1.807, 2.05) is 6.07 Å². The highest BCUT2D eigenvalue weighted by atomic mass is 19.4. The van der Waals surface area contributed by atoms with E-state index in [0.29, 0.717) is 43.2 Å². The van der Waals surface area contributed by atoms with Gasteiger partial charge in [0, 0.05) is 25.7 Å². The number of aromatic nitrogens is 3. The molecule has 3 heterocycles. The molecule has 3 aromatic rings. The van der Waals surface area contributed by atoms with E-state index in [4.69, 9.17) is 4.74 Å². The fourth-order valence-corrected chi connectivity index (χ4v) is 3.66. The van der Waals surface area contributed by atoms with E-state index in [1.54, 1.807) is 16.8 Å². The zero-order chi connectivity index (χ0) is 20.6. The molecule has 154 valence electrons. The summed E-state index contributed by atoms with van der Waals surface area (Å²) in [7, 11) is 0.